The molecule has 3 rings (SSSR count). The van der Waals surface area contributed by atoms with Crippen molar-refractivity contribution in [2.24, 2.45) is 5.16 Å². The summed E-state index contributed by atoms with van der Waals surface area (Å²) in [7, 11) is 0. The van der Waals surface area contributed by atoms with Crippen molar-refractivity contribution in [3.05, 3.63) is 70.8 Å². The molecule has 1 N–H and O–H groups in total. The zero-order chi connectivity index (χ0) is 12.5. The molecule has 3 nitrogen and oxygen atoms in total. The summed E-state index contributed by atoms with van der Waals surface area (Å²) in [6.07, 6.45) is 0.468. The molecule has 0 spiro atoms. The van der Waals surface area contributed by atoms with Crippen molar-refractivity contribution in [1.29, 1.82) is 0 Å². The van der Waals surface area contributed by atoms with Crippen LogP contribution in [0.4, 0.5) is 0 Å². The van der Waals surface area contributed by atoms with Gasteiger partial charge in [-0.1, -0.05) is 53.7 Å². The maximum atomic E-state index is 12.5. The predicted octanol–water partition coefficient (Wildman–Crippen LogP) is 2.65. The Bertz CT molecular complexity index is 659. The van der Waals surface area contributed by atoms with Crippen LogP contribution >= 0.6 is 0 Å². The molecular weight excluding hydrogens is 226 g/mol. The number of hydrogen-bond acceptors (Lipinski definition) is 3. The molecule has 0 heterocycles. The van der Waals surface area contributed by atoms with Crippen molar-refractivity contribution >= 4 is 11.5 Å². The lowest BCUT2D eigenvalue weighted by Crippen LogP contribution is -2.06. The van der Waals surface area contributed by atoms with Gasteiger partial charge >= 0.3 is 0 Å². The molecule has 88 valence electrons. The van der Waals surface area contributed by atoms with Crippen LogP contribution in [0.5, 0.6) is 0 Å². The highest BCUT2D eigenvalue weighted by Gasteiger charge is 2.24. The maximum absolute atomic E-state index is 12.5. The lowest BCUT2D eigenvalue weighted by Gasteiger charge is -2.04. The smallest absolute Gasteiger partial charge is 0.193 e. The number of nitrogens with zero attached hydrogens (tertiary/aromatic N) is 1. The Hall–Kier alpha value is -2.42. The Kier molecular flexibility index (Phi) is 2.45. The Labute approximate surface area is 104 Å². The molecule has 2 aromatic rings. The van der Waals surface area contributed by atoms with Gasteiger partial charge in [0.05, 0.1) is 5.71 Å². The highest BCUT2D eigenvalue weighted by molar-refractivity contribution is 6.20. The van der Waals surface area contributed by atoms with Crippen molar-refractivity contribution in [2.45, 2.75) is 6.42 Å². The van der Waals surface area contributed by atoms with Crippen molar-refractivity contribution in [2.75, 3.05) is 0 Å². The van der Waals surface area contributed by atoms with Crippen molar-refractivity contribution in [3.63, 3.8) is 0 Å². The maximum Gasteiger partial charge on any atom is 0.193 e. The fraction of sp³-hybridized carbons (Fsp3) is 0.0667. The van der Waals surface area contributed by atoms with E-state index in [0.29, 0.717) is 28.8 Å². The van der Waals surface area contributed by atoms with Crippen LogP contribution in [0.1, 0.15) is 27.0 Å². The minimum Gasteiger partial charge on any atom is -0.411 e. The zero-order valence-corrected chi connectivity index (χ0v) is 9.63. The molecule has 0 amide bonds. The molecular formula is C15H11NO2. The average molecular weight is 237 g/mol. The second-order valence-electron chi connectivity index (χ2n) is 4.26. The van der Waals surface area contributed by atoms with Gasteiger partial charge in [-0.3, -0.25) is 4.79 Å². The Balaban J connectivity index is 2.31. The molecule has 0 atom stereocenters. The SMILES string of the molecule is O=C1c2ccccc2C/C(=N\O)c2ccccc21. The molecule has 0 radical (unpaired) electrons. The summed E-state index contributed by atoms with van der Waals surface area (Å²) < 4.78 is 0. The standard InChI is InChI=1S/C15H11NO2/c17-15-11-6-2-1-5-10(11)9-14(16-18)12-7-3-4-8-13(12)15/h1-8,18H,9H2/b16-14+. The summed E-state index contributed by atoms with van der Waals surface area (Å²) in [5, 5.41) is 12.5. The van der Waals surface area contributed by atoms with Gasteiger partial charge in [0, 0.05) is 23.1 Å². The summed E-state index contributed by atoms with van der Waals surface area (Å²) in [4.78, 5) is 12.5. The van der Waals surface area contributed by atoms with E-state index in [4.69, 9.17) is 5.21 Å². The first-order chi connectivity index (χ1) is 8.81. The fourth-order valence-corrected chi connectivity index (χ4v) is 2.34. The van der Waals surface area contributed by atoms with Crippen LogP contribution in [0.25, 0.3) is 0 Å². The van der Waals surface area contributed by atoms with E-state index in [-0.39, 0.29) is 5.78 Å². The number of oxime groups is 1. The second-order valence-corrected chi connectivity index (χ2v) is 4.26. The van der Waals surface area contributed by atoms with Gasteiger partial charge in [0.25, 0.3) is 0 Å². The zero-order valence-electron chi connectivity index (χ0n) is 9.63. The van der Waals surface area contributed by atoms with Crippen LogP contribution in [-0.2, 0) is 6.42 Å². The minimum atomic E-state index is -0.0140. The van der Waals surface area contributed by atoms with Crippen LogP contribution in [0, 0.1) is 0 Å². The van der Waals surface area contributed by atoms with Crippen molar-refractivity contribution in [1.82, 2.24) is 0 Å². The summed E-state index contributed by atoms with van der Waals surface area (Å²) >= 11 is 0. The molecule has 1 aliphatic rings. The molecule has 0 aliphatic heterocycles. The second kappa shape index (κ2) is 4.11. The lowest BCUT2D eigenvalue weighted by molar-refractivity contribution is 0.103. The molecule has 3 heteroatoms. The van der Waals surface area contributed by atoms with Gasteiger partial charge in [-0.15, -0.1) is 0 Å². The Morgan fingerprint density at radius 2 is 1.50 bits per heavy atom. The number of benzene rings is 2. The molecule has 0 bridgehead atoms. The monoisotopic (exact) mass is 237 g/mol. The van der Waals surface area contributed by atoms with E-state index >= 15 is 0 Å². The Morgan fingerprint density at radius 3 is 2.22 bits per heavy atom. The number of rotatable bonds is 0. The highest BCUT2D eigenvalue weighted by Crippen LogP contribution is 2.24. The molecule has 18 heavy (non-hydrogen) atoms. The van der Waals surface area contributed by atoms with Gasteiger partial charge in [0.2, 0.25) is 0 Å². The number of carbonyl (C=O) groups is 1. The molecule has 0 unspecified atom stereocenters. The van der Waals surface area contributed by atoms with E-state index in [1.807, 2.05) is 42.5 Å². The molecule has 0 aromatic heterocycles. The summed E-state index contributed by atoms with van der Waals surface area (Å²) in [6, 6.07) is 14.7. The van der Waals surface area contributed by atoms with Gasteiger partial charge in [0.15, 0.2) is 5.78 Å². The van der Waals surface area contributed by atoms with Crippen LogP contribution in [-0.4, -0.2) is 16.7 Å². The average Bonchev–Trinajstić information content (AvgIpc) is 2.55. The molecule has 0 fully saturated rings. The van der Waals surface area contributed by atoms with Gasteiger partial charge in [-0.25, -0.2) is 0 Å². The van der Waals surface area contributed by atoms with E-state index in [0.717, 1.165) is 5.56 Å². The third-order valence-corrected chi connectivity index (χ3v) is 3.22. The van der Waals surface area contributed by atoms with Crippen molar-refractivity contribution in [3.8, 4) is 0 Å². The van der Waals surface area contributed by atoms with Gasteiger partial charge < -0.3 is 5.21 Å². The molecule has 0 saturated heterocycles. The Morgan fingerprint density at radius 1 is 0.889 bits per heavy atom. The largest absolute Gasteiger partial charge is 0.411 e. The fourth-order valence-electron chi connectivity index (χ4n) is 2.34. The van der Waals surface area contributed by atoms with Crippen molar-refractivity contribution < 1.29 is 10.0 Å². The third-order valence-electron chi connectivity index (χ3n) is 3.22. The van der Waals surface area contributed by atoms with Crippen LogP contribution < -0.4 is 0 Å². The van der Waals surface area contributed by atoms with E-state index in [1.165, 1.54) is 0 Å². The summed E-state index contributed by atoms with van der Waals surface area (Å²) in [5.41, 5.74) is 3.41. The highest BCUT2D eigenvalue weighted by atomic mass is 16.4. The van der Waals surface area contributed by atoms with Crippen LogP contribution in [0.15, 0.2) is 53.7 Å². The van der Waals surface area contributed by atoms with E-state index < -0.39 is 0 Å². The molecule has 1 aliphatic carbocycles. The predicted molar refractivity (Wildman–Crippen MR) is 68.3 cm³/mol. The first-order valence-corrected chi connectivity index (χ1v) is 5.74. The lowest BCUT2D eigenvalue weighted by atomic mass is 9.99. The van der Waals surface area contributed by atoms with Gasteiger partial charge in [-0.05, 0) is 5.56 Å². The number of ketones is 1. The first-order valence-electron chi connectivity index (χ1n) is 5.74. The first kappa shape index (κ1) is 10.7. The van der Waals surface area contributed by atoms with Gasteiger partial charge in [-0.2, -0.15) is 0 Å². The van der Waals surface area contributed by atoms with Crippen LogP contribution in [0.2, 0.25) is 0 Å². The molecule has 2 aromatic carbocycles. The van der Waals surface area contributed by atoms with E-state index in [1.54, 1.807) is 6.07 Å². The number of fused-ring (bicyclic) bond motifs is 2. The summed E-state index contributed by atoms with van der Waals surface area (Å²) in [6.45, 7) is 0. The van der Waals surface area contributed by atoms with Gasteiger partial charge in [0.1, 0.15) is 0 Å². The molecule has 0 saturated carbocycles. The quantitative estimate of drug-likeness (QED) is 0.565. The number of hydrogen-bond donors (Lipinski definition) is 1. The van der Waals surface area contributed by atoms with Crippen LogP contribution in [0.3, 0.4) is 0 Å². The normalized spacial score (nSPS) is 16.0. The topological polar surface area (TPSA) is 49.7 Å². The third kappa shape index (κ3) is 1.52. The number of carbonyl (C=O) groups excluding carboxylic acids is 1. The summed E-state index contributed by atoms with van der Waals surface area (Å²) in [5.74, 6) is -0.0140. The van der Waals surface area contributed by atoms with E-state index in [9.17, 15) is 4.79 Å². The minimum absolute atomic E-state index is 0.0140. The van der Waals surface area contributed by atoms with E-state index in [2.05, 4.69) is 5.16 Å².